The first-order valence-electron chi connectivity index (χ1n) is 10.1. The zero-order valence-electron chi connectivity index (χ0n) is 18.3. The summed E-state index contributed by atoms with van der Waals surface area (Å²) in [4.78, 5) is 12.1. The van der Waals surface area contributed by atoms with Gasteiger partial charge in [-0.15, -0.1) is 0 Å². The fraction of sp³-hybridized carbons (Fsp3) is 0.600. The summed E-state index contributed by atoms with van der Waals surface area (Å²) in [5.74, 6) is 1.51. The van der Waals surface area contributed by atoms with E-state index < -0.39 is 0 Å². The molecule has 1 amide bonds. The molecule has 0 bridgehead atoms. The molecule has 0 fully saturated rings. The number of aryl methyl sites for hydroxylation is 1. The second-order valence-electron chi connectivity index (χ2n) is 7.84. The van der Waals surface area contributed by atoms with Crippen LogP contribution in [0.4, 0.5) is 5.95 Å². The van der Waals surface area contributed by atoms with E-state index in [4.69, 9.17) is 9.47 Å². The lowest BCUT2D eigenvalue weighted by molar-refractivity contribution is -0.124. The molecule has 0 aliphatic heterocycles. The van der Waals surface area contributed by atoms with Gasteiger partial charge >= 0.3 is 0 Å². The number of aromatic nitrogens is 4. The van der Waals surface area contributed by atoms with Crippen LogP contribution >= 0.6 is 15.9 Å². The minimum absolute atomic E-state index is 0.0897. The average molecular weight is 483 g/mol. The summed E-state index contributed by atoms with van der Waals surface area (Å²) in [7, 11) is 0. The number of nitrogens with zero attached hydrogens (tertiary/aromatic N) is 4. The average Bonchev–Trinajstić information content (AvgIpc) is 3.11. The molecule has 30 heavy (non-hydrogen) atoms. The monoisotopic (exact) mass is 482 g/mol. The van der Waals surface area contributed by atoms with Gasteiger partial charge in [-0.3, -0.25) is 4.79 Å². The van der Waals surface area contributed by atoms with Crippen LogP contribution in [-0.2, 0) is 17.9 Å². The van der Waals surface area contributed by atoms with Gasteiger partial charge in [-0.2, -0.15) is 0 Å². The van der Waals surface area contributed by atoms with Gasteiger partial charge in [0.15, 0.2) is 18.1 Å². The first kappa shape index (κ1) is 23.9. The van der Waals surface area contributed by atoms with Gasteiger partial charge < -0.3 is 20.1 Å². The van der Waals surface area contributed by atoms with Crippen molar-refractivity contribution < 1.29 is 14.3 Å². The highest BCUT2D eigenvalue weighted by Gasteiger charge is 2.17. The summed E-state index contributed by atoms with van der Waals surface area (Å²) >= 11 is 3.58. The number of hydrogen-bond donors (Lipinski definition) is 2. The Morgan fingerprint density at radius 3 is 2.60 bits per heavy atom. The molecule has 166 valence electrons. The van der Waals surface area contributed by atoms with Crippen LogP contribution in [0, 0.1) is 0 Å². The number of hydrogen-bond acceptors (Lipinski definition) is 7. The molecule has 1 heterocycles. The number of rotatable bonds is 11. The van der Waals surface area contributed by atoms with E-state index in [2.05, 4.69) is 49.0 Å². The summed E-state index contributed by atoms with van der Waals surface area (Å²) in [6.45, 7) is 11.5. The van der Waals surface area contributed by atoms with Gasteiger partial charge in [0.2, 0.25) is 5.95 Å². The molecular weight excluding hydrogens is 452 g/mol. The van der Waals surface area contributed by atoms with Crippen molar-refractivity contribution in [3.63, 3.8) is 0 Å². The van der Waals surface area contributed by atoms with Crippen molar-refractivity contribution in [2.45, 2.75) is 66.1 Å². The van der Waals surface area contributed by atoms with Crippen LogP contribution in [0.25, 0.3) is 0 Å². The van der Waals surface area contributed by atoms with Crippen LogP contribution in [-0.4, -0.2) is 44.9 Å². The summed E-state index contributed by atoms with van der Waals surface area (Å²) in [6.07, 6.45) is 2.07. The second kappa shape index (κ2) is 11.1. The molecule has 2 rings (SSSR count). The molecule has 2 N–H and O–H groups in total. The van der Waals surface area contributed by atoms with Gasteiger partial charge in [0, 0.05) is 23.1 Å². The Morgan fingerprint density at radius 2 is 1.93 bits per heavy atom. The van der Waals surface area contributed by atoms with Crippen LogP contribution in [0.5, 0.6) is 11.5 Å². The van der Waals surface area contributed by atoms with E-state index in [1.54, 1.807) is 4.68 Å². The molecule has 0 atom stereocenters. The van der Waals surface area contributed by atoms with E-state index in [-0.39, 0.29) is 18.1 Å². The molecule has 0 saturated heterocycles. The SMILES string of the molecule is CCCCn1nnnc1NCc1cc(OCC)c(OCC(=O)NC(C)(C)C)cc1Br. The number of amides is 1. The Morgan fingerprint density at radius 1 is 1.20 bits per heavy atom. The number of carbonyl (C=O) groups excluding carboxylic acids is 1. The number of carbonyl (C=O) groups is 1. The van der Waals surface area contributed by atoms with E-state index in [0.29, 0.717) is 30.6 Å². The fourth-order valence-electron chi connectivity index (χ4n) is 2.66. The number of nitrogens with one attached hydrogen (secondary N) is 2. The van der Waals surface area contributed by atoms with Crippen molar-refractivity contribution in [3.05, 3.63) is 22.2 Å². The lowest BCUT2D eigenvalue weighted by Crippen LogP contribution is -2.43. The molecule has 0 radical (unpaired) electrons. The minimum atomic E-state index is -0.314. The third kappa shape index (κ3) is 7.47. The highest BCUT2D eigenvalue weighted by atomic mass is 79.9. The third-order valence-electron chi connectivity index (χ3n) is 3.98. The van der Waals surface area contributed by atoms with E-state index in [1.165, 1.54) is 0 Å². The Kier molecular flexibility index (Phi) is 8.88. The summed E-state index contributed by atoms with van der Waals surface area (Å²) < 4.78 is 14.0. The normalized spacial score (nSPS) is 11.3. The van der Waals surface area contributed by atoms with Crippen LogP contribution < -0.4 is 20.1 Å². The zero-order valence-corrected chi connectivity index (χ0v) is 19.9. The second-order valence-corrected chi connectivity index (χ2v) is 8.70. The molecule has 2 aromatic rings. The fourth-order valence-corrected chi connectivity index (χ4v) is 3.12. The zero-order chi connectivity index (χ0) is 22.1. The molecule has 0 aliphatic rings. The van der Waals surface area contributed by atoms with Crippen molar-refractivity contribution in [2.24, 2.45) is 0 Å². The molecule has 1 aromatic carbocycles. The van der Waals surface area contributed by atoms with Crippen LogP contribution in [0.1, 0.15) is 53.0 Å². The quantitative estimate of drug-likeness (QED) is 0.504. The predicted octanol–water partition coefficient (Wildman–Crippen LogP) is 3.54. The summed E-state index contributed by atoms with van der Waals surface area (Å²) in [5, 5.41) is 17.9. The Bertz CT molecular complexity index is 834. The summed E-state index contributed by atoms with van der Waals surface area (Å²) in [5.41, 5.74) is 0.640. The van der Waals surface area contributed by atoms with Gasteiger partial charge in [-0.05, 0) is 62.2 Å². The maximum Gasteiger partial charge on any atom is 0.258 e. The van der Waals surface area contributed by atoms with Gasteiger partial charge in [0.1, 0.15) is 0 Å². The van der Waals surface area contributed by atoms with Crippen LogP contribution in [0.3, 0.4) is 0 Å². The molecule has 9 nitrogen and oxygen atoms in total. The molecule has 0 unspecified atom stereocenters. The number of anilines is 1. The number of halogens is 1. The maximum absolute atomic E-state index is 12.1. The molecule has 0 spiro atoms. The first-order chi connectivity index (χ1) is 14.2. The van der Waals surface area contributed by atoms with E-state index in [0.717, 1.165) is 29.4 Å². The smallest absolute Gasteiger partial charge is 0.258 e. The number of tetrazole rings is 1. The topological polar surface area (TPSA) is 103 Å². The van der Waals surface area contributed by atoms with Crippen molar-refractivity contribution in [3.8, 4) is 11.5 Å². The summed E-state index contributed by atoms with van der Waals surface area (Å²) in [6, 6.07) is 3.70. The standard InChI is InChI=1S/C20H31BrN6O3/c1-6-8-9-27-19(24-25-26-27)22-12-14-10-16(29-7-2)17(11-15(14)21)30-13-18(28)23-20(3,4)5/h10-11H,6-9,12-13H2,1-5H3,(H,23,28)(H,22,24,26). The van der Waals surface area contributed by atoms with Gasteiger partial charge in [-0.1, -0.05) is 34.4 Å². The van der Waals surface area contributed by atoms with Crippen molar-refractivity contribution in [1.29, 1.82) is 0 Å². The van der Waals surface area contributed by atoms with Gasteiger partial charge in [-0.25, -0.2) is 4.68 Å². The Labute approximate surface area is 186 Å². The van der Waals surface area contributed by atoms with Crippen molar-refractivity contribution in [2.75, 3.05) is 18.5 Å². The van der Waals surface area contributed by atoms with Crippen LogP contribution in [0.15, 0.2) is 16.6 Å². The van der Waals surface area contributed by atoms with E-state index >= 15 is 0 Å². The van der Waals surface area contributed by atoms with Crippen molar-refractivity contribution >= 4 is 27.8 Å². The lowest BCUT2D eigenvalue weighted by atomic mass is 10.1. The van der Waals surface area contributed by atoms with Crippen molar-refractivity contribution in [1.82, 2.24) is 25.5 Å². The minimum Gasteiger partial charge on any atom is -0.490 e. The highest BCUT2D eigenvalue weighted by Crippen LogP contribution is 2.34. The van der Waals surface area contributed by atoms with E-state index in [1.807, 2.05) is 39.8 Å². The molecule has 1 aromatic heterocycles. The molecule has 0 aliphatic carbocycles. The molecule has 0 saturated carbocycles. The Hall–Kier alpha value is -2.36. The van der Waals surface area contributed by atoms with Gasteiger partial charge in [0.05, 0.1) is 6.61 Å². The number of ether oxygens (including phenoxy) is 2. The maximum atomic E-state index is 12.1. The molecular formula is C20H31BrN6O3. The number of unbranched alkanes of at least 4 members (excludes halogenated alkanes) is 1. The third-order valence-corrected chi connectivity index (χ3v) is 4.72. The predicted molar refractivity (Wildman–Crippen MR) is 119 cm³/mol. The lowest BCUT2D eigenvalue weighted by Gasteiger charge is -2.21. The van der Waals surface area contributed by atoms with Gasteiger partial charge in [0.25, 0.3) is 5.91 Å². The highest BCUT2D eigenvalue weighted by molar-refractivity contribution is 9.10. The first-order valence-corrected chi connectivity index (χ1v) is 10.9. The largest absolute Gasteiger partial charge is 0.490 e. The molecule has 10 heteroatoms. The van der Waals surface area contributed by atoms with E-state index in [9.17, 15) is 4.79 Å². The van der Waals surface area contributed by atoms with Crippen LogP contribution in [0.2, 0.25) is 0 Å². The Balaban J connectivity index is 2.08. The number of benzene rings is 1.